The summed E-state index contributed by atoms with van der Waals surface area (Å²) in [5, 5.41) is 0. The van der Waals surface area contributed by atoms with Gasteiger partial charge in [0.15, 0.2) is 0 Å². The maximum atomic E-state index is 11.3. The molecule has 0 aromatic heterocycles. The van der Waals surface area contributed by atoms with E-state index in [1.165, 1.54) is 6.07 Å². The summed E-state index contributed by atoms with van der Waals surface area (Å²) in [6.07, 6.45) is 0. The molecule has 0 N–H and O–H groups in total. The molecule has 0 amide bonds. The van der Waals surface area contributed by atoms with Gasteiger partial charge in [0.2, 0.25) is 0 Å². The van der Waals surface area contributed by atoms with Crippen molar-refractivity contribution < 1.29 is 31.5 Å². The Kier molecular flexibility index (Phi) is 5.46. The van der Waals surface area contributed by atoms with Crippen molar-refractivity contribution in [1.82, 2.24) is 0 Å². The molecule has 0 saturated heterocycles. The van der Waals surface area contributed by atoms with Crippen molar-refractivity contribution in [3.05, 3.63) is 29.8 Å². The van der Waals surface area contributed by atoms with E-state index in [-0.39, 0.29) is 30.4 Å². The van der Waals surface area contributed by atoms with E-state index >= 15 is 0 Å². The fourth-order valence-corrected chi connectivity index (χ4v) is 1.74. The Balaban J connectivity index is 0.00000169. The zero-order chi connectivity index (χ0) is 9.90. The molecule has 0 aliphatic carbocycles. The zero-order valence-electron chi connectivity index (χ0n) is 8.57. The van der Waals surface area contributed by atoms with Crippen LogP contribution in [0.5, 0.6) is 0 Å². The summed E-state index contributed by atoms with van der Waals surface area (Å²) in [5.74, 6) is 0. The van der Waals surface area contributed by atoms with Crippen molar-refractivity contribution >= 4 is 10.1 Å². The van der Waals surface area contributed by atoms with Crippen molar-refractivity contribution in [1.29, 1.82) is 0 Å². The second kappa shape index (κ2) is 5.57. The third kappa shape index (κ3) is 3.47. The summed E-state index contributed by atoms with van der Waals surface area (Å²) in [4.78, 5) is 0.0833. The Labute approximate surface area is 96.8 Å². The molecule has 0 spiro atoms. The van der Waals surface area contributed by atoms with Crippen LogP contribution in [-0.4, -0.2) is 15.0 Å². The van der Waals surface area contributed by atoms with Gasteiger partial charge >= 0.3 is 18.9 Å². The molecular weight excluding hydrogens is 195 g/mol. The second-order valence-electron chi connectivity index (χ2n) is 2.59. The molecule has 5 heteroatoms. The quantitative estimate of drug-likeness (QED) is 0.344. The first-order valence-electron chi connectivity index (χ1n) is 3.94. The van der Waals surface area contributed by atoms with Gasteiger partial charge in [-0.2, -0.15) is 32.2 Å². The third-order valence-corrected chi connectivity index (χ3v) is 2.82. The van der Waals surface area contributed by atoms with E-state index in [0.717, 1.165) is 5.56 Å². The van der Waals surface area contributed by atoms with E-state index in [2.05, 4.69) is 10.2 Å². The maximum absolute atomic E-state index is 11.3. The second-order valence-corrected chi connectivity index (χ2v) is 4.17. The van der Waals surface area contributed by atoms with Crippen LogP contribution < -0.4 is 18.9 Å². The van der Waals surface area contributed by atoms with Crippen LogP contribution in [0.2, 0.25) is 0 Å². The van der Waals surface area contributed by atoms with E-state index < -0.39 is 10.1 Å². The van der Waals surface area contributed by atoms with Gasteiger partial charge in [0.1, 0.15) is 0 Å². The monoisotopic (exact) mass is 206 g/mol. The Morgan fingerprint density at radius 3 is 2.50 bits per heavy atom. The molecule has 14 heavy (non-hydrogen) atoms. The maximum Gasteiger partial charge on any atom is 1.00 e. The Hall–Kier alpha value is -0.273. The average Bonchev–Trinajstić information content (AvgIpc) is 2.05. The first-order chi connectivity index (χ1) is 6.06. The molecule has 0 fully saturated rings. The van der Waals surface area contributed by atoms with Crippen LogP contribution in [-0.2, 0) is 14.3 Å². The Bertz CT molecular complexity index is 370. The number of benzene rings is 1. The van der Waals surface area contributed by atoms with E-state index in [1.807, 2.05) is 6.92 Å². The normalized spacial score (nSPS) is 10.7. The summed E-state index contributed by atoms with van der Waals surface area (Å²) >= 11 is 0. The third-order valence-electron chi connectivity index (χ3n) is 1.48. The number of rotatable bonds is 3. The summed E-state index contributed by atoms with van der Waals surface area (Å²) in [6.45, 7) is 3.64. The first-order valence-corrected chi connectivity index (χ1v) is 5.35. The van der Waals surface area contributed by atoms with Crippen LogP contribution in [0.4, 0.5) is 0 Å². The van der Waals surface area contributed by atoms with Crippen LogP contribution in [0, 0.1) is 13.0 Å². The van der Waals surface area contributed by atoms with Crippen molar-refractivity contribution in [3.63, 3.8) is 0 Å². The van der Waals surface area contributed by atoms with Crippen molar-refractivity contribution in [2.24, 2.45) is 0 Å². The van der Waals surface area contributed by atoms with Gasteiger partial charge in [-0.25, -0.2) is 0 Å². The first kappa shape index (κ1) is 13.7. The van der Waals surface area contributed by atoms with Gasteiger partial charge in [-0.05, 0) is 11.8 Å². The minimum Gasteiger partial charge on any atom is -0.268 e. The number of aryl methyl sites for hydroxylation is 1. The molecule has 1 aromatic carbocycles. The molecule has 0 bridgehead atoms. The van der Waals surface area contributed by atoms with Crippen LogP contribution in [0.1, 0.15) is 12.5 Å². The smallest absolute Gasteiger partial charge is 0.268 e. The molecule has 0 saturated carbocycles. The molecule has 0 radical (unpaired) electrons. The van der Waals surface area contributed by atoms with E-state index in [9.17, 15) is 8.42 Å². The van der Waals surface area contributed by atoms with E-state index in [4.69, 9.17) is 0 Å². The topological polar surface area (TPSA) is 43.4 Å². The molecule has 0 heterocycles. The van der Waals surface area contributed by atoms with Crippen molar-refractivity contribution in [2.75, 3.05) is 6.61 Å². The molecule has 1 rings (SSSR count). The Morgan fingerprint density at radius 2 is 2.07 bits per heavy atom. The van der Waals surface area contributed by atoms with Crippen LogP contribution in [0.15, 0.2) is 23.1 Å². The molecular formula is C9H11LiO3S. The minimum absolute atomic E-state index is 0. The molecule has 0 aliphatic rings. The molecule has 0 atom stereocenters. The zero-order valence-corrected chi connectivity index (χ0v) is 9.39. The summed E-state index contributed by atoms with van der Waals surface area (Å²) in [7, 11) is -3.58. The van der Waals surface area contributed by atoms with Crippen molar-refractivity contribution in [2.45, 2.75) is 18.7 Å². The van der Waals surface area contributed by atoms with Crippen LogP contribution in [0.25, 0.3) is 0 Å². The number of hydrogen-bond acceptors (Lipinski definition) is 3. The van der Waals surface area contributed by atoms with Gasteiger partial charge in [0, 0.05) is 0 Å². The minimum atomic E-state index is -3.58. The molecule has 1 aromatic rings. The van der Waals surface area contributed by atoms with Gasteiger partial charge in [-0.15, -0.1) is 6.07 Å². The fourth-order valence-electron chi connectivity index (χ4n) is 0.862. The summed E-state index contributed by atoms with van der Waals surface area (Å²) < 4.78 is 27.2. The SMILES string of the molecule is CCOS(=O)(=O)c1[c-]cc(C)cc1.[Li+]. The van der Waals surface area contributed by atoms with Gasteiger partial charge in [-0.1, -0.05) is 6.92 Å². The van der Waals surface area contributed by atoms with Crippen LogP contribution >= 0.6 is 0 Å². The fraction of sp³-hybridized carbons (Fsp3) is 0.333. The largest absolute Gasteiger partial charge is 1.00 e. The van der Waals surface area contributed by atoms with Gasteiger partial charge in [0.05, 0.1) is 6.61 Å². The van der Waals surface area contributed by atoms with E-state index in [0.29, 0.717) is 0 Å². The standard InChI is InChI=1S/C9H11O3S.Li/c1-3-12-13(10,11)9-6-4-8(2)5-7-9;/h4-6H,3H2,1-2H3;/q-1;+1. The van der Waals surface area contributed by atoms with Gasteiger partial charge in [0.25, 0.3) is 10.1 Å². The van der Waals surface area contributed by atoms with Crippen LogP contribution in [0.3, 0.4) is 0 Å². The predicted molar refractivity (Wildman–Crippen MR) is 48.8 cm³/mol. The van der Waals surface area contributed by atoms with Crippen molar-refractivity contribution in [3.8, 4) is 0 Å². The van der Waals surface area contributed by atoms with Gasteiger partial charge < -0.3 is 0 Å². The number of hydrogen-bond donors (Lipinski definition) is 0. The molecule has 0 unspecified atom stereocenters. The van der Waals surface area contributed by atoms with Gasteiger partial charge in [-0.3, -0.25) is 4.18 Å². The molecule has 3 nitrogen and oxygen atoms in total. The summed E-state index contributed by atoms with van der Waals surface area (Å²) in [6, 6.07) is 7.46. The summed E-state index contributed by atoms with van der Waals surface area (Å²) in [5.41, 5.74) is 0.968. The van der Waals surface area contributed by atoms with E-state index in [1.54, 1.807) is 19.1 Å². The molecule has 72 valence electrons. The predicted octanol–water partition coefficient (Wildman–Crippen LogP) is -1.48. The Morgan fingerprint density at radius 1 is 1.43 bits per heavy atom. The average molecular weight is 206 g/mol. The molecule has 0 aliphatic heterocycles.